The molecule has 2 N–H and O–H groups in total. The van der Waals surface area contributed by atoms with Crippen LogP contribution in [0.15, 0.2) is 22.8 Å². The minimum absolute atomic E-state index is 0.0343. The summed E-state index contributed by atoms with van der Waals surface area (Å²) < 4.78 is 3.06. The molecule has 2 rings (SSSR count). The van der Waals surface area contributed by atoms with Crippen molar-refractivity contribution in [2.45, 2.75) is 19.9 Å². The Bertz CT molecular complexity index is 473. The Balaban J connectivity index is 2.84. The van der Waals surface area contributed by atoms with Crippen molar-refractivity contribution in [3.05, 3.63) is 34.3 Å². The van der Waals surface area contributed by atoms with Crippen molar-refractivity contribution in [2.24, 2.45) is 5.73 Å². The summed E-state index contributed by atoms with van der Waals surface area (Å²) in [4.78, 5) is 4.46. The van der Waals surface area contributed by atoms with Gasteiger partial charge in [-0.15, -0.1) is 0 Å². The summed E-state index contributed by atoms with van der Waals surface area (Å²) in [6.07, 6.45) is 0. The Morgan fingerprint density at radius 3 is 2.86 bits per heavy atom. The molecule has 0 saturated carbocycles. The van der Waals surface area contributed by atoms with Gasteiger partial charge in [-0.25, -0.2) is 4.98 Å². The normalized spacial score (nSPS) is 13.4. The molecule has 0 aromatic carbocycles. The minimum atomic E-state index is -0.0343. The van der Waals surface area contributed by atoms with Crippen molar-refractivity contribution >= 4 is 21.4 Å². The molecule has 14 heavy (non-hydrogen) atoms. The van der Waals surface area contributed by atoms with Gasteiger partial charge >= 0.3 is 0 Å². The molecule has 2 aromatic rings. The van der Waals surface area contributed by atoms with Crippen molar-refractivity contribution in [1.82, 2.24) is 9.38 Å². The fourth-order valence-electron chi connectivity index (χ4n) is 1.63. The van der Waals surface area contributed by atoms with Gasteiger partial charge in [0.05, 0.1) is 15.8 Å². The van der Waals surface area contributed by atoms with Crippen LogP contribution in [0, 0.1) is 6.92 Å². The van der Waals surface area contributed by atoms with Crippen LogP contribution < -0.4 is 5.73 Å². The van der Waals surface area contributed by atoms with Crippen LogP contribution in [-0.2, 0) is 0 Å². The van der Waals surface area contributed by atoms with Gasteiger partial charge in [-0.2, -0.15) is 0 Å². The van der Waals surface area contributed by atoms with Crippen molar-refractivity contribution in [3.63, 3.8) is 0 Å². The predicted octanol–water partition coefficient (Wildman–Crippen LogP) is 2.42. The third-order valence-corrected chi connectivity index (χ3v) is 2.86. The molecule has 0 saturated heterocycles. The Morgan fingerprint density at radius 2 is 2.21 bits per heavy atom. The first-order valence-electron chi connectivity index (χ1n) is 4.50. The third-order valence-electron chi connectivity index (χ3n) is 2.24. The Hall–Kier alpha value is -0.870. The van der Waals surface area contributed by atoms with Crippen LogP contribution in [0.1, 0.15) is 24.5 Å². The molecule has 0 amide bonds. The van der Waals surface area contributed by atoms with Crippen LogP contribution in [0.4, 0.5) is 0 Å². The quantitative estimate of drug-likeness (QED) is 0.794. The molecular formula is C10H12BrN3. The van der Waals surface area contributed by atoms with E-state index in [1.54, 1.807) is 0 Å². The number of nitrogens with two attached hydrogens (primary N) is 1. The second-order valence-electron chi connectivity index (χ2n) is 3.40. The molecule has 2 heterocycles. The number of imidazole rings is 1. The summed E-state index contributed by atoms with van der Waals surface area (Å²) in [6.45, 7) is 3.92. The van der Waals surface area contributed by atoms with Crippen molar-refractivity contribution in [3.8, 4) is 0 Å². The van der Waals surface area contributed by atoms with E-state index in [-0.39, 0.29) is 6.04 Å². The van der Waals surface area contributed by atoms with Gasteiger partial charge in [0.2, 0.25) is 0 Å². The van der Waals surface area contributed by atoms with E-state index >= 15 is 0 Å². The van der Waals surface area contributed by atoms with E-state index in [1.165, 1.54) is 0 Å². The highest BCUT2D eigenvalue weighted by Gasteiger charge is 2.12. The van der Waals surface area contributed by atoms with Crippen LogP contribution >= 0.6 is 15.9 Å². The molecule has 0 radical (unpaired) electrons. The fourth-order valence-corrected chi connectivity index (χ4v) is 2.23. The maximum atomic E-state index is 5.85. The van der Waals surface area contributed by atoms with Gasteiger partial charge < -0.3 is 5.73 Å². The zero-order valence-corrected chi connectivity index (χ0v) is 9.75. The highest BCUT2D eigenvalue weighted by molar-refractivity contribution is 9.10. The van der Waals surface area contributed by atoms with E-state index < -0.39 is 0 Å². The zero-order valence-electron chi connectivity index (χ0n) is 8.16. The number of aromatic nitrogens is 2. The van der Waals surface area contributed by atoms with Gasteiger partial charge in [-0.3, -0.25) is 4.40 Å². The minimum Gasteiger partial charge on any atom is -0.323 e. The summed E-state index contributed by atoms with van der Waals surface area (Å²) in [7, 11) is 0. The first-order chi connectivity index (χ1) is 6.61. The van der Waals surface area contributed by atoms with E-state index in [0.717, 1.165) is 21.6 Å². The van der Waals surface area contributed by atoms with Crippen LogP contribution in [0.2, 0.25) is 0 Å². The van der Waals surface area contributed by atoms with Gasteiger partial charge in [-0.1, -0.05) is 6.07 Å². The van der Waals surface area contributed by atoms with Crippen molar-refractivity contribution in [2.75, 3.05) is 0 Å². The molecule has 0 aliphatic heterocycles. The number of halogens is 1. The maximum absolute atomic E-state index is 5.85. The third kappa shape index (κ3) is 1.35. The van der Waals surface area contributed by atoms with E-state index in [0.29, 0.717) is 0 Å². The molecule has 1 unspecified atom stereocenters. The largest absolute Gasteiger partial charge is 0.323 e. The van der Waals surface area contributed by atoms with E-state index in [9.17, 15) is 0 Å². The maximum Gasteiger partial charge on any atom is 0.111 e. The molecule has 3 nitrogen and oxygen atoms in total. The van der Waals surface area contributed by atoms with E-state index in [4.69, 9.17) is 5.73 Å². The van der Waals surface area contributed by atoms with E-state index in [2.05, 4.69) is 25.3 Å². The lowest BCUT2D eigenvalue weighted by atomic mass is 10.2. The molecule has 0 spiro atoms. The topological polar surface area (TPSA) is 43.3 Å². The molecule has 0 bridgehead atoms. The number of aryl methyl sites for hydroxylation is 1. The second kappa shape index (κ2) is 3.37. The average Bonchev–Trinajstić information content (AvgIpc) is 2.45. The monoisotopic (exact) mass is 253 g/mol. The number of hydrogen-bond acceptors (Lipinski definition) is 2. The van der Waals surface area contributed by atoms with Crippen molar-refractivity contribution in [1.29, 1.82) is 0 Å². The highest BCUT2D eigenvalue weighted by Crippen LogP contribution is 2.22. The number of rotatable bonds is 1. The fraction of sp³-hybridized carbons (Fsp3) is 0.300. The van der Waals surface area contributed by atoms with Crippen molar-refractivity contribution < 1.29 is 0 Å². The Kier molecular flexibility index (Phi) is 2.33. The number of hydrogen-bond donors (Lipinski definition) is 1. The Labute approximate surface area is 91.1 Å². The van der Waals surface area contributed by atoms with Crippen LogP contribution in [0.3, 0.4) is 0 Å². The molecule has 4 heteroatoms. The molecule has 1 atom stereocenters. The van der Waals surface area contributed by atoms with E-state index in [1.807, 2.05) is 32.0 Å². The lowest BCUT2D eigenvalue weighted by molar-refractivity contribution is 0.793. The van der Waals surface area contributed by atoms with Gasteiger partial charge in [0.15, 0.2) is 0 Å². The summed E-state index contributed by atoms with van der Waals surface area (Å²) in [5, 5.41) is 0. The number of fused-ring (bicyclic) bond motifs is 1. The summed E-state index contributed by atoms with van der Waals surface area (Å²) in [5.41, 5.74) is 7.88. The van der Waals surface area contributed by atoms with Crippen LogP contribution in [0.25, 0.3) is 5.52 Å². The van der Waals surface area contributed by atoms with Gasteiger partial charge in [-0.05, 0) is 41.9 Å². The number of pyridine rings is 1. The van der Waals surface area contributed by atoms with Crippen LogP contribution in [-0.4, -0.2) is 9.38 Å². The summed E-state index contributed by atoms with van der Waals surface area (Å²) in [5.74, 6) is 0.958. The molecule has 0 aliphatic rings. The van der Waals surface area contributed by atoms with Gasteiger partial charge in [0, 0.05) is 6.04 Å². The lowest BCUT2D eigenvalue weighted by Gasteiger charge is -2.02. The summed E-state index contributed by atoms with van der Waals surface area (Å²) in [6, 6.07) is 5.98. The Morgan fingerprint density at radius 1 is 1.50 bits per heavy atom. The molecule has 0 aliphatic carbocycles. The molecular weight excluding hydrogens is 242 g/mol. The lowest BCUT2D eigenvalue weighted by Crippen LogP contribution is -2.05. The zero-order chi connectivity index (χ0) is 10.3. The standard InChI is InChI=1S/C10H12BrN3/c1-6(12)10-8-4-3-5-9(11)14(8)7(2)13-10/h3-6H,12H2,1-2H3. The van der Waals surface area contributed by atoms with Crippen LogP contribution in [0.5, 0.6) is 0 Å². The highest BCUT2D eigenvalue weighted by atomic mass is 79.9. The second-order valence-corrected chi connectivity index (χ2v) is 4.21. The predicted molar refractivity (Wildman–Crippen MR) is 60.2 cm³/mol. The SMILES string of the molecule is Cc1nc(C(C)N)c2cccc(Br)n12. The molecule has 0 fully saturated rings. The smallest absolute Gasteiger partial charge is 0.111 e. The van der Waals surface area contributed by atoms with Gasteiger partial charge in [0.1, 0.15) is 5.82 Å². The summed E-state index contributed by atoms with van der Waals surface area (Å²) >= 11 is 3.49. The average molecular weight is 254 g/mol. The molecule has 74 valence electrons. The molecule has 2 aromatic heterocycles. The van der Waals surface area contributed by atoms with Gasteiger partial charge in [0.25, 0.3) is 0 Å². The first-order valence-corrected chi connectivity index (χ1v) is 5.29. The number of nitrogens with zero attached hydrogens (tertiary/aromatic N) is 2. The first kappa shape index (κ1) is 9.68.